The Balaban J connectivity index is 2.01. The molecule has 2 rings (SSSR count). The molecule has 19 heavy (non-hydrogen) atoms. The summed E-state index contributed by atoms with van der Waals surface area (Å²) in [6.07, 6.45) is 3.64. The summed E-state index contributed by atoms with van der Waals surface area (Å²) in [5, 5.41) is 8.38. The SMILES string of the molecule is CN(CC1CCNCC1)c1ccc(S(N)(=O)=O)cn1. The van der Waals surface area contributed by atoms with Gasteiger partial charge in [-0.2, -0.15) is 0 Å². The van der Waals surface area contributed by atoms with Gasteiger partial charge in [0.25, 0.3) is 0 Å². The Hall–Kier alpha value is -1.18. The van der Waals surface area contributed by atoms with Crippen molar-refractivity contribution in [1.29, 1.82) is 0 Å². The van der Waals surface area contributed by atoms with E-state index >= 15 is 0 Å². The molecule has 0 saturated carbocycles. The molecular formula is C12H20N4O2S. The standard InChI is InChI=1S/C12H20N4O2S/c1-16(9-10-4-6-14-7-5-10)12-3-2-11(8-15-12)19(13,17)18/h2-3,8,10,14H,4-7,9H2,1H3,(H2,13,17,18). The van der Waals surface area contributed by atoms with Crippen LogP contribution in [0.15, 0.2) is 23.2 Å². The lowest BCUT2D eigenvalue weighted by molar-refractivity contribution is 0.377. The molecule has 1 saturated heterocycles. The van der Waals surface area contributed by atoms with Gasteiger partial charge >= 0.3 is 0 Å². The van der Waals surface area contributed by atoms with Crippen molar-refractivity contribution in [2.45, 2.75) is 17.7 Å². The van der Waals surface area contributed by atoms with Crippen LogP contribution in [0.25, 0.3) is 0 Å². The van der Waals surface area contributed by atoms with E-state index < -0.39 is 10.0 Å². The minimum absolute atomic E-state index is 0.0477. The number of rotatable bonds is 4. The zero-order chi connectivity index (χ0) is 13.9. The molecule has 1 aromatic rings. The highest BCUT2D eigenvalue weighted by Gasteiger charge is 2.16. The third kappa shape index (κ3) is 3.89. The fraction of sp³-hybridized carbons (Fsp3) is 0.583. The van der Waals surface area contributed by atoms with Gasteiger partial charge in [-0.1, -0.05) is 0 Å². The maximum atomic E-state index is 11.1. The second-order valence-corrected chi connectivity index (χ2v) is 6.53. The maximum absolute atomic E-state index is 11.1. The molecular weight excluding hydrogens is 264 g/mol. The summed E-state index contributed by atoms with van der Waals surface area (Å²) in [6.45, 7) is 3.07. The number of anilines is 1. The lowest BCUT2D eigenvalue weighted by atomic mass is 9.98. The van der Waals surface area contributed by atoms with Crippen LogP contribution in [-0.4, -0.2) is 40.1 Å². The van der Waals surface area contributed by atoms with E-state index in [1.807, 2.05) is 7.05 Å². The quantitative estimate of drug-likeness (QED) is 0.822. The molecule has 1 aliphatic rings. The van der Waals surface area contributed by atoms with Crippen molar-refractivity contribution < 1.29 is 8.42 Å². The zero-order valence-corrected chi connectivity index (χ0v) is 11.9. The van der Waals surface area contributed by atoms with E-state index in [1.165, 1.54) is 25.1 Å². The Morgan fingerprint density at radius 2 is 2.11 bits per heavy atom. The fourth-order valence-corrected chi connectivity index (χ4v) is 2.77. The van der Waals surface area contributed by atoms with Crippen LogP contribution in [0.5, 0.6) is 0 Å². The van der Waals surface area contributed by atoms with Crippen molar-refractivity contribution in [2.24, 2.45) is 11.1 Å². The molecule has 6 nitrogen and oxygen atoms in total. The summed E-state index contributed by atoms with van der Waals surface area (Å²) in [7, 11) is -1.69. The molecule has 0 spiro atoms. The van der Waals surface area contributed by atoms with Gasteiger partial charge < -0.3 is 10.2 Å². The Morgan fingerprint density at radius 3 is 2.63 bits per heavy atom. The first-order valence-electron chi connectivity index (χ1n) is 6.37. The first-order chi connectivity index (χ1) is 8.97. The number of hydrogen-bond acceptors (Lipinski definition) is 5. The van der Waals surface area contributed by atoms with Crippen molar-refractivity contribution in [1.82, 2.24) is 10.3 Å². The molecule has 1 fully saturated rings. The number of nitrogens with zero attached hydrogens (tertiary/aromatic N) is 2. The topological polar surface area (TPSA) is 88.3 Å². The van der Waals surface area contributed by atoms with Crippen LogP contribution in [0.1, 0.15) is 12.8 Å². The van der Waals surface area contributed by atoms with Crippen molar-refractivity contribution >= 4 is 15.8 Å². The normalized spacial score (nSPS) is 17.4. The average molecular weight is 284 g/mol. The monoisotopic (exact) mass is 284 g/mol. The Bertz CT molecular complexity index is 509. The second kappa shape index (κ2) is 5.85. The first kappa shape index (κ1) is 14.2. The Kier molecular flexibility index (Phi) is 4.38. The van der Waals surface area contributed by atoms with E-state index in [-0.39, 0.29) is 4.90 Å². The number of pyridine rings is 1. The van der Waals surface area contributed by atoms with Gasteiger partial charge in [-0.05, 0) is 44.0 Å². The van der Waals surface area contributed by atoms with Crippen LogP contribution in [0.4, 0.5) is 5.82 Å². The maximum Gasteiger partial charge on any atom is 0.239 e. The van der Waals surface area contributed by atoms with Crippen molar-refractivity contribution in [3.8, 4) is 0 Å². The van der Waals surface area contributed by atoms with Gasteiger partial charge in [-0.15, -0.1) is 0 Å². The van der Waals surface area contributed by atoms with E-state index in [0.717, 1.165) is 25.5 Å². The Labute approximate surface area is 114 Å². The van der Waals surface area contributed by atoms with Gasteiger partial charge in [0.1, 0.15) is 10.7 Å². The number of sulfonamides is 1. The molecule has 3 N–H and O–H groups in total. The number of nitrogens with two attached hydrogens (primary N) is 1. The van der Waals surface area contributed by atoms with Gasteiger partial charge in [0.2, 0.25) is 10.0 Å². The highest BCUT2D eigenvalue weighted by molar-refractivity contribution is 7.89. The molecule has 0 radical (unpaired) electrons. The molecule has 2 heterocycles. The average Bonchev–Trinajstić information content (AvgIpc) is 2.39. The van der Waals surface area contributed by atoms with Crippen LogP contribution >= 0.6 is 0 Å². The van der Waals surface area contributed by atoms with Gasteiger partial charge in [0.05, 0.1) is 0 Å². The second-order valence-electron chi connectivity index (χ2n) is 4.97. The highest BCUT2D eigenvalue weighted by Crippen LogP contribution is 2.17. The molecule has 1 aliphatic heterocycles. The van der Waals surface area contributed by atoms with E-state index in [4.69, 9.17) is 5.14 Å². The van der Waals surface area contributed by atoms with E-state index in [1.54, 1.807) is 6.07 Å². The van der Waals surface area contributed by atoms with Gasteiger partial charge in [0, 0.05) is 19.8 Å². The first-order valence-corrected chi connectivity index (χ1v) is 7.92. The number of primary sulfonamides is 1. The van der Waals surface area contributed by atoms with Crippen LogP contribution in [0, 0.1) is 5.92 Å². The van der Waals surface area contributed by atoms with Crippen LogP contribution in [0.3, 0.4) is 0 Å². The zero-order valence-electron chi connectivity index (χ0n) is 11.0. The minimum atomic E-state index is -3.66. The summed E-state index contributed by atoms with van der Waals surface area (Å²) >= 11 is 0. The third-order valence-electron chi connectivity index (χ3n) is 3.43. The summed E-state index contributed by atoms with van der Waals surface area (Å²) in [5.41, 5.74) is 0. The minimum Gasteiger partial charge on any atom is -0.359 e. The van der Waals surface area contributed by atoms with Gasteiger partial charge in [0.15, 0.2) is 0 Å². The molecule has 1 aromatic heterocycles. The predicted octanol–water partition coefficient (Wildman–Crippen LogP) is 0.165. The number of hydrogen-bond donors (Lipinski definition) is 2. The molecule has 0 unspecified atom stereocenters. The summed E-state index contributed by atoms with van der Waals surface area (Å²) in [6, 6.07) is 3.19. The largest absolute Gasteiger partial charge is 0.359 e. The molecule has 0 aromatic carbocycles. The smallest absolute Gasteiger partial charge is 0.239 e. The van der Waals surface area contributed by atoms with Gasteiger partial charge in [-0.3, -0.25) is 0 Å². The molecule has 0 aliphatic carbocycles. The third-order valence-corrected chi connectivity index (χ3v) is 4.33. The summed E-state index contributed by atoms with van der Waals surface area (Å²) in [5.74, 6) is 1.43. The van der Waals surface area contributed by atoms with E-state index in [2.05, 4.69) is 15.2 Å². The molecule has 7 heteroatoms. The number of nitrogens with one attached hydrogen (secondary N) is 1. The van der Waals surface area contributed by atoms with Crippen LogP contribution in [0.2, 0.25) is 0 Å². The fourth-order valence-electron chi connectivity index (χ4n) is 2.31. The van der Waals surface area contributed by atoms with Gasteiger partial charge in [-0.25, -0.2) is 18.5 Å². The molecule has 106 valence electrons. The Morgan fingerprint density at radius 1 is 1.42 bits per heavy atom. The lowest BCUT2D eigenvalue weighted by Crippen LogP contribution is -2.34. The lowest BCUT2D eigenvalue weighted by Gasteiger charge is -2.28. The van der Waals surface area contributed by atoms with E-state index in [9.17, 15) is 8.42 Å². The van der Waals surface area contributed by atoms with Crippen LogP contribution < -0.4 is 15.4 Å². The summed E-state index contributed by atoms with van der Waals surface area (Å²) < 4.78 is 22.3. The molecule has 0 amide bonds. The predicted molar refractivity (Wildman–Crippen MR) is 74.5 cm³/mol. The summed E-state index contributed by atoms with van der Waals surface area (Å²) in [4.78, 5) is 6.27. The van der Waals surface area contributed by atoms with E-state index in [0.29, 0.717) is 5.92 Å². The van der Waals surface area contributed by atoms with Crippen LogP contribution in [-0.2, 0) is 10.0 Å². The molecule has 0 atom stereocenters. The number of aromatic nitrogens is 1. The molecule has 0 bridgehead atoms. The van der Waals surface area contributed by atoms with Crippen molar-refractivity contribution in [3.05, 3.63) is 18.3 Å². The number of piperidine rings is 1. The highest BCUT2D eigenvalue weighted by atomic mass is 32.2. The van der Waals surface area contributed by atoms with Crippen molar-refractivity contribution in [3.63, 3.8) is 0 Å². The van der Waals surface area contributed by atoms with Crippen molar-refractivity contribution in [2.75, 3.05) is 31.6 Å².